The summed E-state index contributed by atoms with van der Waals surface area (Å²) in [7, 11) is 0. The SMILES string of the molecule is NC1COCC1c1nn2cnnc2s1. The molecule has 2 aromatic rings. The molecule has 2 atom stereocenters. The van der Waals surface area contributed by atoms with E-state index in [4.69, 9.17) is 10.5 Å². The molecule has 1 aliphatic rings. The normalized spacial score (nSPS) is 27.5. The van der Waals surface area contributed by atoms with Gasteiger partial charge in [0.2, 0.25) is 4.96 Å². The fourth-order valence-corrected chi connectivity index (χ4v) is 2.53. The summed E-state index contributed by atoms with van der Waals surface area (Å²) in [5, 5.41) is 13.0. The van der Waals surface area contributed by atoms with E-state index in [0.717, 1.165) is 9.97 Å². The molecule has 74 valence electrons. The van der Waals surface area contributed by atoms with Gasteiger partial charge in [-0.05, 0) is 0 Å². The second-order valence-corrected chi connectivity index (χ2v) is 4.29. The Labute approximate surface area is 83.7 Å². The van der Waals surface area contributed by atoms with Gasteiger partial charge in [0.1, 0.15) is 11.3 Å². The number of nitrogens with zero attached hydrogens (tertiary/aromatic N) is 4. The second-order valence-electron chi connectivity index (χ2n) is 3.31. The molecule has 0 aliphatic carbocycles. The molecule has 0 saturated carbocycles. The van der Waals surface area contributed by atoms with Crippen molar-refractivity contribution in [1.82, 2.24) is 19.8 Å². The molecule has 2 unspecified atom stereocenters. The molecule has 7 heteroatoms. The fraction of sp³-hybridized carbons (Fsp3) is 0.571. The summed E-state index contributed by atoms with van der Waals surface area (Å²) in [6.45, 7) is 1.27. The van der Waals surface area contributed by atoms with E-state index in [1.807, 2.05) is 0 Å². The molecule has 6 nitrogen and oxygen atoms in total. The predicted molar refractivity (Wildman–Crippen MR) is 50.2 cm³/mol. The van der Waals surface area contributed by atoms with E-state index in [1.165, 1.54) is 11.3 Å². The molecular formula is C7H9N5OS. The molecule has 1 aliphatic heterocycles. The highest BCUT2D eigenvalue weighted by Gasteiger charge is 2.29. The first-order chi connectivity index (χ1) is 6.84. The molecule has 0 radical (unpaired) electrons. The number of rotatable bonds is 1. The van der Waals surface area contributed by atoms with E-state index in [1.54, 1.807) is 10.8 Å². The average Bonchev–Trinajstić information content (AvgIpc) is 2.75. The first kappa shape index (κ1) is 8.27. The molecule has 0 amide bonds. The number of nitrogens with two attached hydrogens (primary N) is 1. The van der Waals surface area contributed by atoms with Gasteiger partial charge in [-0.2, -0.15) is 9.61 Å². The molecule has 14 heavy (non-hydrogen) atoms. The van der Waals surface area contributed by atoms with E-state index in [9.17, 15) is 0 Å². The van der Waals surface area contributed by atoms with Crippen molar-refractivity contribution in [2.75, 3.05) is 13.2 Å². The maximum absolute atomic E-state index is 5.90. The Morgan fingerprint density at radius 2 is 2.50 bits per heavy atom. The van der Waals surface area contributed by atoms with Crippen molar-refractivity contribution in [1.29, 1.82) is 0 Å². The lowest BCUT2D eigenvalue weighted by Gasteiger charge is -2.07. The van der Waals surface area contributed by atoms with Crippen molar-refractivity contribution in [3.05, 3.63) is 11.3 Å². The van der Waals surface area contributed by atoms with Crippen molar-refractivity contribution >= 4 is 16.3 Å². The van der Waals surface area contributed by atoms with Crippen LogP contribution in [0, 0.1) is 0 Å². The van der Waals surface area contributed by atoms with E-state index < -0.39 is 0 Å². The van der Waals surface area contributed by atoms with Gasteiger partial charge in [0, 0.05) is 6.04 Å². The van der Waals surface area contributed by atoms with Crippen LogP contribution in [0.2, 0.25) is 0 Å². The maximum Gasteiger partial charge on any atom is 0.234 e. The van der Waals surface area contributed by atoms with E-state index in [-0.39, 0.29) is 12.0 Å². The molecule has 1 fully saturated rings. The zero-order valence-corrected chi connectivity index (χ0v) is 8.15. The zero-order valence-electron chi connectivity index (χ0n) is 7.33. The smallest absolute Gasteiger partial charge is 0.234 e. The molecule has 0 bridgehead atoms. The lowest BCUT2D eigenvalue weighted by molar-refractivity contribution is 0.191. The van der Waals surface area contributed by atoms with Gasteiger partial charge in [0.25, 0.3) is 0 Å². The van der Waals surface area contributed by atoms with Gasteiger partial charge in [-0.15, -0.1) is 10.2 Å². The van der Waals surface area contributed by atoms with Crippen LogP contribution in [-0.4, -0.2) is 39.1 Å². The van der Waals surface area contributed by atoms with E-state index in [2.05, 4.69) is 15.3 Å². The Bertz CT molecular complexity index is 423. The number of aromatic nitrogens is 4. The molecule has 3 rings (SSSR count). The van der Waals surface area contributed by atoms with Crippen LogP contribution in [0.1, 0.15) is 10.9 Å². The first-order valence-corrected chi connectivity index (χ1v) is 5.16. The third-order valence-electron chi connectivity index (χ3n) is 2.34. The minimum absolute atomic E-state index is 0.0545. The quantitative estimate of drug-likeness (QED) is 0.696. The lowest BCUT2D eigenvalue weighted by atomic mass is 10.1. The summed E-state index contributed by atoms with van der Waals surface area (Å²) >= 11 is 1.52. The average molecular weight is 211 g/mol. The lowest BCUT2D eigenvalue weighted by Crippen LogP contribution is -2.26. The van der Waals surface area contributed by atoms with Gasteiger partial charge >= 0.3 is 0 Å². The number of fused-ring (bicyclic) bond motifs is 1. The highest BCUT2D eigenvalue weighted by Crippen LogP contribution is 2.27. The van der Waals surface area contributed by atoms with Crippen LogP contribution in [0.25, 0.3) is 4.96 Å². The molecular weight excluding hydrogens is 202 g/mol. The summed E-state index contributed by atoms with van der Waals surface area (Å²) in [6.07, 6.45) is 1.59. The van der Waals surface area contributed by atoms with E-state index in [0.29, 0.717) is 13.2 Å². The zero-order chi connectivity index (χ0) is 9.54. The van der Waals surface area contributed by atoms with Gasteiger partial charge in [-0.3, -0.25) is 0 Å². The van der Waals surface area contributed by atoms with Gasteiger partial charge in [-0.25, -0.2) is 0 Å². The Morgan fingerprint density at radius 1 is 1.57 bits per heavy atom. The number of hydrogen-bond donors (Lipinski definition) is 1. The second kappa shape index (κ2) is 2.97. The van der Waals surface area contributed by atoms with Gasteiger partial charge in [0.15, 0.2) is 0 Å². The predicted octanol–water partition coefficient (Wildman–Crippen LogP) is -0.373. The van der Waals surface area contributed by atoms with Crippen molar-refractivity contribution in [2.24, 2.45) is 5.73 Å². The molecule has 0 aromatic carbocycles. The third-order valence-corrected chi connectivity index (χ3v) is 3.39. The van der Waals surface area contributed by atoms with Crippen LogP contribution < -0.4 is 5.73 Å². The molecule has 2 aromatic heterocycles. The standard InChI is InChI=1S/C7H9N5OS/c8-5-2-13-1-4(5)6-11-12-3-9-10-7(12)14-6/h3-5H,1-2,8H2. The highest BCUT2D eigenvalue weighted by molar-refractivity contribution is 7.16. The first-order valence-electron chi connectivity index (χ1n) is 4.34. The minimum Gasteiger partial charge on any atom is -0.379 e. The largest absolute Gasteiger partial charge is 0.379 e. The Morgan fingerprint density at radius 3 is 3.21 bits per heavy atom. The molecule has 2 N–H and O–H groups in total. The van der Waals surface area contributed by atoms with Crippen molar-refractivity contribution in [3.63, 3.8) is 0 Å². The van der Waals surface area contributed by atoms with Crippen molar-refractivity contribution in [2.45, 2.75) is 12.0 Å². The van der Waals surface area contributed by atoms with Crippen LogP contribution in [0.3, 0.4) is 0 Å². The number of ether oxygens (including phenoxy) is 1. The van der Waals surface area contributed by atoms with E-state index >= 15 is 0 Å². The summed E-state index contributed by atoms with van der Waals surface area (Å²) < 4.78 is 6.96. The number of hydrogen-bond acceptors (Lipinski definition) is 6. The molecule has 0 spiro atoms. The monoisotopic (exact) mass is 211 g/mol. The van der Waals surface area contributed by atoms with Crippen LogP contribution in [-0.2, 0) is 4.74 Å². The third kappa shape index (κ3) is 1.13. The Balaban J connectivity index is 2.01. The molecule has 1 saturated heterocycles. The van der Waals surface area contributed by atoms with Crippen LogP contribution in [0.15, 0.2) is 6.33 Å². The van der Waals surface area contributed by atoms with Crippen molar-refractivity contribution in [3.8, 4) is 0 Å². The van der Waals surface area contributed by atoms with Crippen LogP contribution in [0.5, 0.6) is 0 Å². The summed E-state index contributed by atoms with van der Waals surface area (Å²) in [5.74, 6) is 0.210. The molecule has 3 heterocycles. The summed E-state index contributed by atoms with van der Waals surface area (Å²) in [6, 6.07) is 0.0545. The Hall–Kier alpha value is -1.05. The topological polar surface area (TPSA) is 78.3 Å². The van der Waals surface area contributed by atoms with Crippen LogP contribution >= 0.6 is 11.3 Å². The van der Waals surface area contributed by atoms with Gasteiger partial charge < -0.3 is 10.5 Å². The maximum atomic E-state index is 5.90. The summed E-state index contributed by atoms with van der Waals surface area (Å²) in [4.78, 5) is 0.805. The minimum atomic E-state index is 0.0545. The summed E-state index contributed by atoms with van der Waals surface area (Å²) in [5.41, 5.74) is 5.90. The Kier molecular flexibility index (Phi) is 1.76. The van der Waals surface area contributed by atoms with Gasteiger partial charge in [0.05, 0.1) is 19.1 Å². The van der Waals surface area contributed by atoms with Crippen LogP contribution in [0.4, 0.5) is 0 Å². The van der Waals surface area contributed by atoms with Gasteiger partial charge in [-0.1, -0.05) is 11.3 Å². The van der Waals surface area contributed by atoms with Crippen molar-refractivity contribution < 1.29 is 4.74 Å². The fourth-order valence-electron chi connectivity index (χ4n) is 1.55. The highest BCUT2D eigenvalue weighted by atomic mass is 32.1.